The van der Waals surface area contributed by atoms with Gasteiger partial charge in [-0.05, 0) is 11.8 Å². The van der Waals surface area contributed by atoms with Crippen LogP contribution in [0.3, 0.4) is 0 Å². The van der Waals surface area contributed by atoms with Crippen LogP contribution in [0.2, 0.25) is 10.6 Å². The molecule has 0 heterocycles. The van der Waals surface area contributed by atoms with E-state index in [2.05, 4.69) is 27.7 Å². The molecule has 0 aromatic heterocycles. The summed E-state index contributed by atoms with van der Waals surface area (Å²) in [6.45, 7) is 9.38. The fourth-order valence-electron chi connectivity index (χ4n) is 1.36. The van der Waals surface area contributed by atoms with Crippen LogP contribution in [-0.4, -0.2) is 15.2 Å². The third kappa shape index (κ3) is 11.1. The van der Waals surface area contributed by atoms with E-state index in [1.165, 1.54) is 36.2 Å². The summed E-state index contributed by atoms with van der Waals surface area (Å²) in [5.74, 6) is 1.94. The van der Waals surface area contributed by atoms with E-state index < -0.39 is 0 Å². The molecule has 0 aliphatic heterocycles. The summed E-state index contributed by atoms with van der Waals surface area (Å²) < 4.78 is 0. The third-order valence-electron chi connectivity index (χ3n) is 3.12. The molecule has 2 unspecified atom stereocenters. The smallest absolute Gasteiger partial charge is 0.114 e. The van der Waals surface area contributed by atoms with Gasteiger partial charge in [0.05, 0.1) is 0 Å². The zero-order chi connectivity index (χ0) is 10.1. The summed E-state index contributed by atoms with van der Waals surface area (Å²) in [4.78, 5) is 0. The molecular formula is C12H27AlBr. The highest BCUT2D eigenvalue weighted by atomic mass is 79.9. The quantitative estimate of drug-likeness (QED) is 0.434. The monoisotopic (exact) mass is 277 g/mol. The molecule has 14 heavy (non-hydrogen) atoms. The van der Waals surface area contributed by atoms with E-state index in [9.17, 15) is 0 Å². The molecule has 0 aromatic carbocycles. The van der Waals surface area contributed by atoms with E-state index in [4.69, 9.17) is 0 Å². The first-order chi connectivity index (χ1) is 6.20. The number of hydrogen-bond acceptors (Lipinski definition) is 0. The minimum atomic E-state index is 0. The van der Waals surface area contributed by atoms with Crippen molar-refractivity contribution in [2.45, 2.75) is 63.9 Å². The second-order valence-electron chi connectivity index (χ2n) is 4.47. The van der Waals surface area contributed by atoms with E-state index in [0.29, 0.717) is 0 Å². The molecule has 0 spiro atoms. The van der Waals surface area contributed by atoms with Crippen LogP contribution >= 0.6 is 17.0 Å². The van der Waals surface area contributed by atoms with Gasteiger partial charge in [-0.25, -0.2) is 0 Å². The second-order valence-corrected chi connectivity index (χ2v) is 6.20. The van der Waals surface area contributed by atoms with Crippen molar-refractivity contribution in [3.63, 3.8) is 0 Å². The predicted octanol–water partition coefficient (Wildman–Crippen LogP) is 4.98. The molecule has 0 N–H and O–H groups in total. The summed E-state index contributed by atoms with van der Waals surface area (Å²) in [5.41, 5.74) is 0. The van der Waals surface area contributed by atoms with Crippen LogP contribution in [0.15, 0.2) is 0 Å². The van der Waals surface area contributed by atoms with Crippen LogP contribution < -0.4 is 0 Å². The van der Waals surface area contributed by atoms with Gasteiger partial charge in [-0.2, -0.15) is 0 Å². The molecule has 0 aromatic rings. The lowest BCUT2D eigenvalue weighted by molar-refractivity contribution is 0.533. The third-order valence-corrected chi connectivity index (χ3v) is 4.60. The van der Waals surface area contributed by atoms with Crippen LogP contribution in [-0.2, 0) is 0 Å². The van der Waals surface area contributed by atoms with Gasteiger partial charge < -0.3 is 0 Å². The first kappa shape index (κ1) is 17.4. The van der Waals surface area contributed by atoms with E-state index in [1.807, 2.05) is 0 Å². The van der Waals surface area contributed by atoms with Gasteiger partial charge in [-0.3, -0.25) is 0 Å². The van der Waals surface area contributed by atoms with Gasteiger partial charge in [0.1, 0.15) is 0 Å². The van der Waals surface area contributed by atoms with Crippen LogP contribution in [0.5, 0.6) is 0 Å². The van der Waals surface area contributed by atoms with Gasteiger partial charge in [0.2, 0.25) is 0 Å². The Labute approximate surface area is 108 Å². The minimum Gasteiger partial charge on any atom is -0.114 e. The zero-order valence-corrected chi connectivity index (χ0v) is 13.3. The van der Waals surface area contributed by atoms with E-state index in [0.717, 1.165) is 27.1 Å². The van der Waals surface area contributed by atoms with Gasteiger partial charge in [0, 0.05) is 0 Å². The number of rotatable bonds is 8. The first-order valence-corrected chi connectivity index (χ1v) is 7.65. The van der Waals surface area contributed by atoms with Gasteiger partial charge >= 0.3 is 0 Å². The highest BCUT2D eigenvalue weighted by molar-refractivity contribution is 8.93. The average Bonchev–Trinajstić information content (AvgIpc) is 2.16. The molecule has 85 valence electrons. The SMILES string of the molecule is Br.CCC(C)C[CH2][Al][CH2]CC(C)CC. The second kappa shape index (κ2) is 12.1. The molecule has 0 rings (SSSR count). The van der Waals surface area contributed by atoms with Gasteiger partial charge in [-0.1, -0.05) is 53.4 Å². The zero-order valence-electron chi connectivity index (χ0n) is 10.4. The fourth-order valence-corrected chi connectivity index (χ4v) is 3.26. The van der Waals surface area contributed by atoms with Crippen molar-refractivity contribution in [3.05, 3.63) is 0 Å². The molecule has 0 aliphatic carbocycles. The molecule has 1 radical (unpaired) electrons. The van der Waals surface area contributed by atoms with Crippen LogP contribution in [0.25, 0.3) is 0 Å². The molecule has 0 fully saturated rings. The number of hydrogen-bond donors (Lipinski definition) is 0. The Hall–Kier alpha value is 1.01. The fraction of sp³-hybridized carbons (Fsp3) is 1.00. The Kier molecular flexibility index (Phi) is 15.0. The molecule has 2 heteroatoms. The molecule has 0 saturated carbocycles. The van der Waals surface area contributed by atoms with E-state index in [1.54, 1.807) is 0 Å². The van der Waals surface area contributed by atoms with Crippen LogP contribution in [0.4, 0.5) is 0 Å². The normalized spacial score (nSPS) is 14.3. The first-order valence-electron chi connectivity index (χ1n) is 6.02. The van der Waals surface area contributed by atoms with Gasteiger partial charge in [0.25, 0.3) is 0 Å². The lowest BCUT2D eigenvalue weighted by Crippen LogP contribution is -1.99. The standard InChI is InChI=1S/2C6H13.Al.BrH/c2*1-4-6(3)5-2;;/h2*6H,1,4-5H2,2-3H3;;1H. The van der Waals surface area contributed by atoms with Gasteiger partial charge in [0.15, 0.2) is 15.2 Å². The molecule has 0 saturated heterocycles. The van der Waals surface area contributed by atoms with Crippen LogP contribution in [0.1, 0.15) is 53.4 Å². The Morgan fingerprint density at radius 3 is 1.50 bits per heavy atom. The molecule has 2 atom stereocenters. The van der Waals surface area contributed by atoms with E-state index in [-0.39, 0.29) is 17.0 Å². The molecule has 0 amide bonds. The van der Waals surface area contributed by atoms with Gasteiger partial charge in [-0.15, -0.1) is 27.5 Å². The summed E-state index contributed by atoms with van der Waals surface area (Å²) in [7, 11) is 0. The van der Waals surface area contributed by atoms with E-state index >= 15 is 0 Å². The summed E-state index contributed by atoms with van der Waals surface area (Å²) in [5, 5.41) is 3.07. The lowest BCUT2D eigenvalue weighted by Gasteiger charge is -2.08. The van der Waals surface area contributed by atoms with Crippen LogP contribution in [0, 0.1) is 11.8 Å². The molecule has 0 bridgehead atoms. The van der Waals surface area contributed by atoms with Crippen molar-refractivity contribution >= 4 is 32.2 Å². The summed E-state index contributed by atoms with van der Waals surface area (Å²) >= 11 is 0.765. The van der Waals surface area contributed by atoms with Crippen molar-refractivity contribution in [2.24, 2.45) is 11.8 Å². The maximum atomic E-state index is 2.38. The van der Waals surface area contributed by atoms with Crippen molar-refractivity contribution in [1.82, 2.24) is 0 Å². The Bertz CT molecular complexity index is 94.5. The Morgan fingerprint density at radius 2 is 1.21 bits per heavy atom. The molecule has 0 aliphatic rings. The maximum Gasteiger partial charge on any atom is 0.199 e. The molecule has 0 nitrogen and oxygen atoms in total. The minimum absolute atomic E-state index is 0. The summed E-state index contributed by atoms with van der Waals surface area (Å²) in [6.07, 6.45) is 5.69. The highest BCUT2D eigenvalue weighted by Crippen LogP contribution is 2.13. The highest BCUT2D eigenvalue weighted by Gasteiger charge is 2.01. The Morgan fingerprint density at radius 1 is 0.857 bits per heavy atom. The Balaban J connectivity index is 0. The topological polar surface area (TPSA) is 0 Å². The largest absolute Gasteiger partial charge is 0.199 e. The van der Waals surface area contributed by atoms with Crippen molar-refractivity contribution in [1.29, 1.82) is 0 Å². The maximum absolute atomic E-state index is 2.38. The van der Waals surface area contributed by atoms with Crippen molar-refractivity contribution in [2.75, 3.05) is 0 Å². The average molecular weight is 278 g/mol. The molecular weight excluding hydrogens is 251 g/mol. The summed E-state index contributed by atoms with van der Waals surface area (Å²) in [6, 6.07) is 0. The van der Waals surface area contributed by atoms with Crippen molar-refractivity contribution < 1.29 is 0 Å². The van der Waals surface area contributed by atoms with Crippen molar-refractivity contribution in [3.8, 4) is 0 Å². The predicted molar refractivity (Wildman–Crippen MR) is 73.8 cm³/mol. The lowest BCUT2D eigenvalue weighted by atomic mass is 10.1. The number of halogens is 1.